The highest BCUT2D eigenvalue weighted by Crippen LogP contribution is 2.65. The highest BCUT2D eigenvalue weighted by Gasteiger charge is 2.52. The fraction of sp³-hybridized carbons (Fsp3) is 0.0182. The molecule has 2 aliphatic carbocycles. The van der Waals surface area contributed by atoms with Crippen molar-refractivity contribution in [2.75, 3.05) is 9.80 Å². The van der Waals surface area contributed by atoms with E-state index in [0.29, 0.717) is 0 Å². The van der Waals surface area contributed by atoms with E-state index in [1.165, 1.54) is 55.6 Å². The Hall–Kier alpha value is -7.42. The predicted molar refractivity (Wildman–Crippen MR) is 238 cm³/mol. The SMILES string of the molecule is c1ccc(-c2cccc(N(c3ccccc3)c3cccc4c3-c3ccccc3C43c4ccccc4-c4ccc(N(c5ccccc5)c5ccccc5)cc43)c2)cc1. The maximum absolute atomic E-state index is 2.46. The van der Waals surface area contributed by atoms with Crippen molar-refractivity contribution >= 4 is 34.1 Å². The van der Waals surface area contributed by atoms with Crippen LogP contribution in [0.2, 0.25) is 0 Å². The summed E-state index contributed by atoms with van der Waals surface area (Å²) in [5, 5.41) is 0. The first-order chi connectivity index (χ1) is 28.3. The lowest BCUT2D eigenvalue weighted by Crippen LogP contribution is -2.26. The van der Waals surface area contributed by atoms with Gasteiger partial charge in [-0.2, -0.15) is 0 Å². The van der Waals surface area contributed by atoms with Crippen LogP contribution in [-0.4, -0.2) is 0 Å². The van der Waals surface area contributed by atoms with E-state index in [4.69, 9.17) is 0 Å². The lowest BCUT2D eigenvalue weighted by Gasteiger charge is -2.33. The second-order valence-electron chi connectivity index (χ2n) is 14.9. The summed E-state index contributed by atoms with van der Waals surface area (Å²) in [6.07, 6.45) is 0. The van der Waals surface area contributed by atoms with Gasteiger partial charge in [0.15, 0.2) is 0 Å². The van der Waals surface area contributed by atoms with Gasteiger partial charge in [-0.05, 0) is 117 Å². The number of anilines is 6. The number of para-hydroxylation sites is 3. The summed E-state index contributed by atoms with van der Waals surface area (Å²) in [5.74, 6) is 0. The molecule has 0 radical (unpaired) electrons. The first kappa shape index (κ1) is 33.0. The van der Waals surface area contributed by atoms with Gasteiger partial charge in [-0.1, -0.05) is 164 Å². The highest BCUT2D eigenvalue weighted by molar-refractivity contribution is 6.01. The third kappa shape index (κ3) is 5.11. The van der Waals surface area contributed by atoms with Crippen molar-refractivity contribution in [3.8, 4) is 33.4 Å². The first-order valence-electron chi connectivity index (χ1n) is 19.7. The molecule has 57 heavy (non-hydrogen) atoms. The molecule has 0 saturated heterocycles. The van der Waals surface area contributed by atoms with Gasteiger partial charge < -0.3 is 9.80 Å². The van der Waals surface area contributed by atoms with E-state index in [9.17, 15) is 0 Å². The first-order valence-corrected chi connectivity index (χ1v) is 19.7. The molecule has 2 aliphatic rings. The van der Waals surface area contributed by atoms with E-state index in [-0.39, 0.29) is 0 Å². The second-order valence-corrected chi connectivity index (χ2v) is 14.9. The average molecular weight is 727 g/mol. The molecule has 0 aromatic heterocycles. The molecular weight excluding hydrogens is 689 g/mol. The zero-order chi connectivity index (χ0) is 37.8. The zero-order valence-electron chi connectivity index (χ0n) is 31.3. The van der Waals surface area contributed by atoms with Gasteiger partial charge in [0.25, 0.3) is 0 Å². The van der Waals surface area contributed by atoms with Gasteiger partial charge in [-0.15, -0.1) is 0 Å². The number of nitrogens with zero attached hydrogens (tertiary/aromatic N) is 2. The van der Waals surface area contributed by atoms with Gasteiger partial charge in [0.1, 0.15) is 0 Å². The molecule has 0 saturated carbocycles. The van der Waals surface area contributed by atoms with Crippen LogP contribution in [0.1, 0.15) is 22.3 Å². The topological polar surface area (TPSA) is 6.48 Å². The molecule has 0 fully saturated rings. The Bertz CT molecular complexity index is 2860. The molecule has 11 rings (SSSR count). The van der Waals surface area contributed by atoms with Gasteiger partial charge >= 0.3 is 0 Å². The van der Waals surface area contributed by atoms with E-state index >= 15 is 0 Å². The molecule has 0 N–H and O–H groups in total. The van der Waals surface area contributed by atoms with Crippen molar-refractivity contribution in [1.29, 1.82) is 0 Å². The van der Waals surface area contributed by atoms with Gasteiger partial charge in [-0.3, -0.25) is 0 Å². The summed E-state index contributed by atoms with van der Waals surface area (Å²) in [4.78, 5) is 4.83. The smallest absolute Gasteiger partial charge is 0.0727 e. The van der Waals surface area contributed by atoms with Crippen LogP contribution in [0.25, 0.3) is 33.4 Å². The Morgan fingerprint density at radius 2 is 0.719 bits per heavy atom. The van der Waals surface area contributed by atoms with E-state index in [2.05, 4.69) is 240 Å². The van der Waals surface area contributed by atoms with Crippen molar-refractivity contribution in [2.24, 2.45) is 0 Å². The third-order valence-electron chi connectivity index (χ3n) is 11.8. The van der Waals surface area contributed by atoms with E-state index in [0.717, 1.165) is 34.1 Å². The van der Waals surface area contributed by atoms with E-state index < -0.39 is 5.41 Å². The fourth-order valence-electron chi connectivity index (χ4n) is 9.54. The number of fused-ring (bicyclic) bond motifs is 10. The molecule has 1 atom stereocenters. The number of rotatable bonds is 7. The minimum atomic E-state index is -0.531. The van der Waals surface area contributed by atoms with Gasteiger partial charge in [0.05, 0.1) is 11.1 Å². The maximum atomic E-state index is 2.46. The van der Waals surface area contributed by atoms with Crippen molar-refractivity contribution < 1.29 is 0 Å². The maximum Gasteiger partial charge on any atom is 0.0727 e. The minimum Gasteiger partial charge on any atom is -0.310 e. The van der Waals surface area contributed by atoms with Crippen LogP contribution in [0, 0.1) is 0 Å². The Morgan fingerprint density at radius 3 is 1.39 bits per heavy atom. The Kier molecular flexibility index (Phi) is 7.75. The predicted octanol–water partition coefficient (Wildman–Crippen LogP) is 14.6. The quantitative estimate of drug-likeness (QED) is 0.161. The molecule has 0 aliphatic heterocycles. The monoisotopic (exact) mass is 726 g/mol. The third-order valence-corrected chi connectivity index (χ3v) is 11.8. The molecule has 0 bridgehead atoms. The summed E-state index contributed by atoms with van der Waals surface area (Å²) < 4.78 is 0. The Labute approximate surface area is 334 Å². The molecule has 0 amide bonds. The molecule has 2 nitrogen and oxygen atoms in total. The van der Waals surface area contributed by atoms with Crippen molar-refractivity contribution in [3.63, 3.8) is 0 Å². The molecule has 9 aromatic rings. The zero-order valence-corrected chi connectivity index (χ0v) is 31.3. The lowest BCUT2D eigenvalue weighted by molar-refractivity contribution is 0.793. The number of benzene rings is 9. The summed E-state index contributed by atoms with van der Waals surface area (Å²) in [6, 6.07) is 84.1. The second kappa shape index (κ2) is 13.4. The van der Waals surface area contributed by atoms with Crippen LogP contribution in [-0.2, 0) is 5.41 Å². The normalized spacial score (nSPS) is 14.4. The van der Waals surface area contributed by atoms with Gasteiger partial charge in [0, 0.05) is 34.0 Å². The highest BCUT2D eigenvalue weighted by atomic mass is 15.1. The molecule has 9 aromatic carbocycles. The fourth-order valence-corrected chi connectivity index (χ4v) is 9.54. The Balaban J connectivity index is 1.18. The van der Waals surface area contributed by atoms with E-state index in [1.807, 2.05) is 0 Å². The Morgan fingerprint density at radius 1 is 0.263 bits per heavy atom. The van der Waals surface area contributed by atoms with Crippen molar-refractivity contribution in [2.45, 2.75) is 5.41 Å². The molecule has 1 unspecified atom stereocenters. The summed E-state index contributed by atoms with van der Waals surface area (Å²) in [5.41, 5.74) is 19.0. The largest absolute Gasteiger partial charge is 0.310 e. The summed E-state index contributed by atoms with van der Waals surface area (Å²) in [7, 11) is 0. The van der Waals surface area contributed by atoms with E-state index in [1.54, 1.807) is 0 Å². The molecule has 2 heteroatoms. The van der Waals surface area contributed by atoms with Gasteiger partial charge in [0.2, 0.25) is 0 Å². The molecule has 1 spiro atoms. The van der Waals surface area contributed by atoms with Crippen LogP contribution < -0.4 is 9.80 Å². The number of hydrogen-bond acceptors (Lipinski definition) is 2. The van der Waals surface area contributed by atoms with Crippen molar-refractivity contribution in [3.05, 3.63) is 253 Å². The molecular formula is C55H38N2. The lowest BCUT2D eigenvalue weighted by atomic mass is 9.70. The van der Waals surface area contributed by atoms with Crippen molar-refractivity contribution in [1.82, 2.24) is 0 Å². The van der Waals surface area contributed by atoms with Crippen LogP contribution in [0.4, 0.5) is 34.1 Å². The summed E-state index contributed by atoms with van der Waals surface area (Å²) in [6.45, 7) is 0. The average Bonchev–Trinajstić information content (AvgIpc) is 3.76. The standard InChI is InChI=1S/C55H38N2/c1-5-19-39(20-6-1)40-21-17-28-44(37-40)57(43-26-11-4-12-27-43)53-34-18-33-51-54(53)48-30-14-16-32-50(48)55(51)49-31-15-13-29-46(49)47-36-35-45(38-52(47)55)56(41-22-7-2-8-23-41)42-24-9-3-10-25-42/h1-38H. The minimum absolute atomic E-state index is 0.531. The van der Waals surface area contributed by atoms with Crippen LogP contribution in [0.5, 0.6) is 0 Å². The van der Waals surface area contributed by atoms with Crippen LogP contribution >= 0.6 is 0 Å². The van der Waals surface area contributed by atoms with Crippen LogP contribution in [0.3, 0.4) is 0 Å². The summed E-state index contributed by atoms with van der Waals surface area (Å²) >= 11 is 0. The van der Waals surface area contributed by atoms with Crippen LogP contribution in [0.15, 0.2) is 231 Å². The van der Waals surface area contributed by atoms with Gasteiger partial charge in [-0.25, -0.2) is 0 Å². The number of hydrogen-bond donors (Lipinski definition) is 0. The molecule has 0 heterocycles. The molecule has 268 valence electrons.